The first kappa shape index (κ1) is 16.1. The number of hydrogen-bond acceptors (Lipinski definition) is 0. The van der Waals surface area contributed by atoms with E-state index in [1.165, 1.54) is 70.6 Å². The molecule has 0 aromatic carbocycles. The molecule has 0 aliphatic heterocycles. The average Bonchev–Trinajstić information content (AvgIpc) is 3.14. The summed E-state index contributed by atoms with van der Waals surface area (Å²) in [7, 11) is 0. The predicted molar refractivity (Wildman–Crippen MR) is 83.0 cm³/mol. The zero-order valence-corrected chi connectivity index (χ0v) is 13.1. The number of hydrogen-bond donors (Lipinski definition) is 0. The summed E-state index contributed by atoms with van der Waals surface area (Å²) in [4.78, 5) is 0. The van der Waals surface area contributed by atoms with Crippen molar-refractivity contribution in [2.45, 2.75) is 110 Å². The lowest BCUT2D eigenvalue weighted by atomic mass is 9.91. The molecule has 0 saturated heterocycles. The minimum absolute atomic E-state index is 0.844. The van der Waals surface area contributed by atoms with Crippen molar-refractivity contribution in [1.82, 2.24) is 0 Å². The maximum atomic E-state index is 2.31. The zero-order chi connectivity index (χ0) is 13.1. The van der Waals surface area contributed by atoms with E-state index in [4.69, 9.17) is 0 Å². The van der Waals surface area contributed by atoms with Gasteiger partial charge < -0.3 is 0 Å². The Morgan fingerprint density at radius 2 is 0.944 bits per heavy atom. The SMILES string of the molecule is CCCCCCCCC1(CCCCCCC)CC1. The highest BCUT2D eigenvalue weighted by atomic mass is 14.5. The Morgan fingerprint density at radius 3 is 1.33 bits per heavy atom. The molecule has 0 amide bonds. The second-order valence-corrected chi connectivity index (χ2v) is 6.68. The van der Waals surface area contributed by atoms with Crippen LogP contribution in [0.25, 0.3) is 0 Å². The van der Waals surface area contributed by atoms with E-state index >= 15 is 0 Å². The Balaban J connectivity index is 1.90. The molecule has 1 saturated carbocycles. The van der Waals surface area contributed by atoms with Crippen LogP contribution in [0.5, 0.6) is 0 Å². The van der Waals surface area contributed by atoms with Gasteiger partial charge in [-0.3, -0.25) is 0 Å². The van der Waals surface area contributed by atoms with Crippen molar-refractivity contribution in [2.75, 3.05) is 0 Å². The summed E-state index contributed by atoms with van der Waals surface area (Å²) in [5.74, 6) is 0. The Kier molecular flexibility index (Phi) is 8.80. The van der Waals surface area contributed by atoms with Crippen molar-refractivity contribution >= 4 is 0 Å². The van der Waals surface area contributed by atoms with Gasteiger partial charge in [-0.05, 0) is 31.1 Å². The minimum atomic E-state index is 0.844. The molecule has 108 valence electrons. The summed E-state index contributed by atoms with van der Waals surface area (Å²) >= 11 is 0. The van der Waals surface area contributed by atoms with Crippen molar-refractivity contribution in [3.8, 4) is 0 Å². The lowest BCUT2D eigenvalue weighted by Crippen LogP contribution is -2.00. The lowest BCUT2D eigenvalue weighted by Gasteiger charge is -2.14. The molecule has 0 nitrogen and oxygen atoms in total. The minimum Gasteiger partial charge on any atom is -0.0654 e. The predicted octanol–water partition coefficient (Wildman–Crippen LogP) is 6.88. The van der Waals surface area contributed by atoms with Gasteiger partial charge in [0.15, 0.2) is 0 Å². The molecule has 0 radical (unpaired) electrons. The van der Waals surface area contributed by atoms with Gasteiger partial charge in [0.25, 0.3) is 0 Å². The summed E-state index contributed by atoms with van der Waals surface area (Å²) in [5.41, 5.74) is 0.844. The summed E-state index contributed by atoms with van der Waals surface area (Å²) in [6.07, 6.45) is 22.3. The van der Waals surface area contributed by atoms with E-state index < -0.39 is 0 Å². The van der Waals surface area contributed by atoms with Crippen molar-refractivity contribution in [3.05, 3.63) is 0 Å². The highest BCUT2D eigenvalue weighted by Crippen LogP contribution is 2.53. The maximum absolute atomic E-state index is 2.31. The van der Waals surface area contributed by atoms with Crippen LogP contribution in [0.3, 0.4) is 0 Å². The highest BCUT2D eigenvalue weighted by molar-refractivity contribution is 4.92. The third-order valence-corrected chi connectivity index (χ3v) is 4.83. The molecule has 0 aromatic rings. The van der Waals surface area contributed by atoms with E-state index in [2.05, 4.69) is 13.8 Å². The van der Waals surface area contributed by atoms with Gasteiger partial charge in [-0.1, -0.05) is 84.5 Å². The van der Waals surface area contributed by atoms with E-state index in [9.17, 15) is 0 Å². The van der Waals surface area contributed by atoms with Crippen molar-refractivity contribution < 1.29 is 0 Å². The summed E-state index contributed by atoms with van der Waals surface area (Å²) < 4.78 is 0. The monoisotopic (exact) mass is 252 g/mol. The average molecular weight is 252 g/mol. The zero-order valence-electron chi connectivity index (χ0n) is 13.1. The van der Waals surface area contributed by atoms with Gasteiger partial charge in [0, 0.05) is 0 Å². The first-order chi connectivity index (χ1) is 8.83. The Labute approximate surface area is 116 Å². The fourth-order valence-corrected chi connectivity index (χ4v) is 3.19. The van der Waals surface area contributed by atoms with Crippen molar-refractivity contribution in [2.24, 2.45) is 5.41 Å². The summed E-state index contributed by atoms with van der Waals surface area (Å²) in [5, 5.41) is 0. The molecular formula is C18H36. The normalized spacial score (nSPS) is 17.0. The van der Waals surface area contributed by atoms with Crippen LogP contribution in [0.1, 0.15) is 110 Å². The lowest BCUT2D eigenvalue weighted by molar-refractivity contribution is 0.383. The van der Waals surface area contributed by atoms with E-state index in [-0.39, 0.29) is 0 Å². The maximum Gasteiger partial charge on any atom is -0.0297 e. The standard InChI is InChI=1S/C18H36/c1-3-5-7-9-11-13-15-18(16-17-18)14-12-10-8-6-4-2/h3-17H2,1-2H3. The van der Waals surface area contributed by atoms with E-state index in [0.29, 0.717) is 0 Å². The molecule has 0 spiro atoms. The first-order valence-electron chi connectivity index (χ1n) is 8.83. The molecule has 0 aromatic heterocycles. The number of rotatable bonds is 13. The molecule has 0 heterocycles. The van der Waals surface area contributed by atoms with Gasteiger partial charge in [-0.2, -0.15) is 0 Å². The van der Waals surface area contributed by atoms with Crippen LogP contribution in [-0.4, -0.2) is 0 Å². The van der Waals surface area contributed by atoms with Crippen LogP contribution in [0.15, 0.2) is 0 Å². The second kappa shape index (κ2) is 9.87. The largest absolute Gasteiger partial charge is 0.0654 e. The third kappa shape index (κ3) is 7.44. The molecule has 1 rings (SSSR count). The summed E-state index contributed by atoms with van der Waals surface area (Å²) in [6, 6.07) is 0. The fraction of sp³-hybridized carbons (Fsp3) is 1.00. The van der Waals surface area contributed by atoms with Crippen LogP contribution < -0.4 is 0 Å². The van der Waals surface area contributed by atoms with Crippen molar-refractivity contribution in [1.29, 1.82) is 0 Å². The molecular weight excluding hydrogens is 216 g/mol. The molecule has 18 heavy (non-hydrogen) atoms. The molecule has 0 unspecified atom stereocenters. The van der Waals surface area contributed by atoms with Crippen LogP contribution in [0.4, 0.5) is 0 Å². The third-order valence-electron chi connectivity index (χ3n) is 4.83. The van der Waals surface area contributed by atoms with Crippen molar-refractivity contribution in [3.63, 3.8) is 0 Å². The first-order valence-corrected chi connectivity index (χ1v) is 8.83. The van der Waals surface area contributed by atoms with Gasteiger partial charge >= 0.3 is 0 Å². The van der Waals surface area contributed by atoms with Gasteiger partial charge in [0.05, 0.1) is 0 Å². The van der Waals surface area contributed by atoms with Gasteiger partial charge in [0.2, 0.25) is 0 Å². The van der Waals surface area contributed by atoms with E-state index in [0.717, 1.165) is 5.41 Å². The molecule has 0 N–H and O–H groups in total. The fourth-order valence-electron chi connectivity index (χ4n) is 3.19. The Morgan fingerprint density at radius 1 is 0.556 bits per heavy atom. The highest BCUT2D eigenvalue weighted by Gasteiger charge is 2.40. The molecule has 0 bridgehead atoms. The smallest absolute Gasteiger partial charge is 0.0297 e. The molecule has 0 atom stereocenters. The van der Waals surface area contributed by atoms with Gasteiger partial charge in [-0.15, -0.1) is 0 Å². The molecule has 1 fully saturated rings. The Bertz CT molecular complexity index is 178. The Hall–Kier alpha value is 0. The van der Waals surface area contributed by atoms with Gasteiger partial charge in [-0.25, -0.2) is 0 Å². The van der Waals surface area contributed by atoms with E-state index in [1.54, 1.807) is 25.7 Å². The summed E-state index contributed by atoms with van der Waals surface area (Å²) in [6.45, 7) is 4.61. The van der Waals surface area contributed by atoms with Crippen LogP contribution in [0, 0.1) is 5.41 Å². The van der Waals surface area contributed by atoms with Gasteiger partial charge in [0.1, 0.15) is 0 Å². The molecule has 1 aliphatic rings. The number of unbranched alkanes of at least 4 members (excludes halogenated alkanes) is 9. The topological polar surface area (TPSA) is 0 Å². The quantitative estimate of drug-likeness (QED) is 0.313. The molecule has 1 aliphatic carbocycles. The molecule has 0 heteroatoms. The van der Waals surface area contributed by atoms with Crippen LogP contribution in [0.2, 0.25) is 0 Å². The second-order valence-electron chi connectivity index (χ2n) is 6.68. The van der Waals surface area contributed by atoms with Crippen LogP contribution in [-0.2, 0) is 0 Å². The van der Waals surface area contributed by atoms with E-state index in [1.807, 2.05) is 0 Å². The van der Waals surface area contributed by atoms with Crippen LogP contribution >= 0.6 is 0 Å².